The van der Waals surface area contributed by atoms with Gasteiger partial charge in [0.1, 0.15) is 4.32 Å². The summed E-state index contributed by atoms with van der Waals surface area (Å²) >= 11 is 14.5. The molecule has 1 aliphatic heterocycles. The van der Waals surface area contributed by atoms with Gasteiger partial charge in [-0.05, 0) is 47.5 Å². The van der Waals surface area contributed by atoms with Crippen molar-refractivity contribution in [2.75, 3.05) is 0 Å². The van der Waals surface area contributed by atoms with E-state index >= 15 is 0 Å². The van der Waals surface area contributed by atoms with E-state index in [0.717, 1.165) is 20.9 Å². The van der Waals surface area contributed by atoms with Crippen molar-refractivity contribution in [3.05, 3.63) is 99.9 Å². The number of rotatable bonds is 5. The summed E-state index contributed by atoms with van der Waals surface area (Å²) < 4.78 is 0.591. The van der Waals surface area contributed by atoms with Crippen LogP contribution in [0.4, 0.5) is 0 Å². The van der Waals surface area contributed by atoms with Crippen LogP contribution in [-0.2, 0) is 11.3 Å². The van der Waals surface area contributed by atoms with E-state index in [1.807, 2.05) is 78.9 Å². The van der Waals surface area contributed by atoms with Crippen molar-refractivity contribution in [3.8, 4) is 0 Å². The van der Waals surface area contributed by atoms with E-state index in [2.05, 4.69) is 6.07 Å². The second kappa shape index (κ2) is 9.18. The molecule has 0 unspecified atom stereocenters. The molecule has 144 valence electrons. The van der Waals surface area contributed by atoms with Gasteiger partial charge in [-0.25, -0.2) is 0 Å². The van der Waals surface area contributed by atoms with E-state index in [9.17, 15) is 4.79 Å². The van der Waals surface area contributed by atoms with Gasteiger partial charge in [-0.3, -0.25) is 9.69 Å². The molecular weight excluding hydrogens is 438 g/mol. The van der Waals surface area contributed by atoms with Crippen molar-refractivity contribution in [3.63, 3.8) is 0 Å². The van der Waals surface area contributed by atoms with Gasteiger partial charge in [0.2, 0.25) is 0 Å². The predicted octanol–water partition coefficient (Wildman–Crippen LogP) is 6.89. The van der Waals surface area contributed by atoms with Gasteiger partial charge in [0.15, 0.2) is 0 Å². The van der Waals surface area contributed by atoms with Crippen LogP contribution in [0.1, 0.15) is 11.1 Å². The van der Waals surface area contributed by atoms with Gasteiger partial charge < -0.3 is 0 Å². The number of hydrogen-bond acceptors (Lipinski definition) is 4. The molecule has 0 atom stereocenters. The predicted molar refractivity (Wildman–Crippen MR) is 127 cm³/mol. The minimum atomic E-state index is -0.0462. The summed E-state index contributed by atoms with van der Waals surface area (Å²) in [6.45, 7) is 0.490. The van der Waals surface area contributed by atoms with E-state index in [0.29, 0.717) is 20.8 Å². The first kappa shape index (κ1) is 20.2. The number of nitrogens with zero attached hydrogens (tertiary/aromatic N) is 1. The van der Waals surface area contributed by atoms with Crippen LogP contribution in [0, 0.1) is 0 Å². The van der Waals surface area contributed by atoms with Gasteiger partial charge in [-0.15, -0.1) is 0 Å². The number of halogens is 1. The normalized spacial score (nSPS) is 15.3. The van der Waals surface area contributed by atoms with Crippen LogP contribution in [0.15, 0.2) is 93.6 Å². The molecule has 0 N–H and O–H groups in total. The van der Waals surface area contributed by atoms with Gasteiger partial charge in [-0.2, -0.15) is 0 Å². The van der Waals surface area contributed by atoms with E-state index in [1.165, 1.54) is 11.8 Å². The third-order valence-corrected chi connectivity index (χ3v) is 7.03. The lowest BCUT2D eigenvalue weighted by atomic mass is 10.2. The maximum atomic E-state index is 13.0. The highest BCUT2D eigenvalue weighted by molar-refractivity contribution is 8.26. The first-order valence-corrected chi connectivity index (χ1v) is 11.3. The summed E-state index contributed by atoms with van der Waals surface area (Å²) in [6.07, 6.45) is 1.93. The molecular formula is C23H16ClNOS3. The summed E-state index contributed by atoms with van der Waals surface area (Å²) in [5, 5.41) is 0.713. The van der Waals surface area contributed by atoms with Crippen LogP contribution in [-0.4, -0.2) is 15.1 Å². The maximum Gasteiger partial charge on any atom is 0.266 e. The summed E-state index contributed by atoms with van der Waals surface area (Å²) in [7, 11) is 0. The molecule has 4 rings (SSSR count). The largest absolute Gasteiger partial charge is 0.288 e. The third kappa shape index (κ3) is 4.93. The molecule has 1 amide bonds. The number of carbonyl (C=O) groups excluding carboxylic acids is 1. The lowest BCUT2D eigenvalue weighted by Crippen LogP contribution is -2.27. The molecule has 0 bridgehead atoms. The first-order chi connectivity index (χ1) is 14.1. The highest BCUT2D eigenvalue weighted by Gasteiger charge is 2.32. The van der Waals surface area contributed by atoms with E-state index in [4.69, 9.17) is 23.8 Å². The number of benzene rings is 3. The third-order valence-electron chi connectivity index (χ3n) is 4.30. The Bertz CT molecular complexity index is 1080. The Hall–Kier alpha value is -2.05. The van der Waals surface area contributed by atoms with Gasteiger partial charge in [0.05, 0.1) is 11.4 Å². The monoisotopic (exact) mass is 453 g/mol. The van der Waals surface area contributed by atoms with Crippen LogP contribution >= 0.6 is 47.3 Å². The zero-order valence-electron chi connectivity index (χ0n) is 15.2. The molecule has 2 nitrogen and oxygen atoms in total. The Morgan fingerprint density at radius 2 is 1.66 bits per heavy atom. The van der Waals surface area contributed by atoms with Crippen molar-refractivity contribution < 1.29 is 4.79 Å². The van der Waals surface area contributed by atoms with Gasteiger partial charge >= 0.3 is 0 Å². The number of amides is 1. The smallest absolute Gasteiger partial charge is 0.266 e. The molecule has 0 saturated carbocycles. The number of carbonyl (C=O) groups is 1. The number of hydrogen-bond donors (Lipinski definition) is 0. The fourth-order valence-electron chi connectivity index (χ4n) is 2.87. The molecule has 6 heteroatoms. The average molecular weight is 454 g/mol. The lowest BCUT2D eigenvalue weighted by molar-refractivity contribution is -0.122. The van der Waals surface area contributed by atoms with Gasteiger partial charge in [0, 0.05) is 14.8 Å². The highest BCUT2D eigenvalue weighted by atomic mass is 35.5. The molecule has 0 radical (unpaired) electrons. The number of thiocarbonyl (C=S) groups is 1. The summed E-state index contributed by atoms with van der Waals surface area (Å²) in [5.41, 5.74) is 2.05. The maximum absolute atomic E-state index is 13.0. The standard InChI is InChI=1S/C23H16ClNOS3/c24-18-10-12-19(13-11-18)28-20-9-5-4-8-17(20)14-21-22(26)25(23(27)29-21)15-16-6-2-1-3-7-16/h1-14H,15H2/b21-14-. The SMILES string of the molecule is O=C1/C(=C/c2ccccc2Sc2ccc(Cl)cc2)SC(=S)N1Cc1ccccc1. The average Bonchev–Trinajstić information content (AvgIpc) is 2.99. The fourth-order valence-corrected chi connectivity index (χ4v) is 5.16. The molecule has 29 heavy (non-hydrogen) atoms. The Morgan fingerprint density at radius 1 is 0.966 bits per heavy atom. The highest BCUT2D eigenvalue weighted by Crippen LogP contribution is 2.37. The Morgan fingerprint density at radius 3 is 2.41 bits per heavy atom. The second-order valence-corrected chi connectivity index (χ2v) is 9.57. The van der Waals surface area contributed by atoms with Gasteiger partial charge in [-0.1, -0.05) is 95.9 Å². The Kier molecular flexibility index (Phi) is 6.40. The van der Waals surface area contributed by atoms with Crippen LogP contribution in [0.2, 0.25) is 5.02 Å². The topological polar surface area (TPSA) is 20.3 Å². The fraction of sp³-hybridized carbons (Fsp3) is 0.0435. The van der Waals surface area contributed by atoms with Crippen molar-refractivity contribution in [1.82, 2.24) is 4.90 Å². The van der Waals surface area contributed by atoms with Crippen LogP contribution < -0.4 is 0 Å². The molecule has 0 aliphatic carbocycles. The minimum Gasteiger partial charge on any atom is -0.288 e. The zero-order valence-corrected chi connectivity index (χ0v) is 18.5. The molecule has 3 aromatic carbocycles. The van der Waals surface area contributed by atoms with Crippen molar-refractivity contribution in [2.24, 2.45) is 0 Å². The molecule has 1 saturated heterocycles. The first-order valence-electron chi connectivity index (χ1n) is 8.92. The van der Waals surface area contributed by atoms with E-state index in [1.54, 1.807) is 16.7 Å². The molecule has 3 aromatic rings. The van der Waals surface area contributed by atoms with Crippen molar-refractivity contribution in [1.29, 1.82) is 0 Å². The second-order valence-electron chi connectivity index (χ2n) is 6.35. The zero-order chi connectivity index (χ0) is 20.2. The van der Waals surface area contributed by atoms with Crippen LogP contribution in [0.5, 0.6) is 0 Å². The molecule has 1 fully saturated rings. The Labute approximate surface area is 189 Å². The summed E-state index contributed by atoms with van der Waals surface area (Å²) in [4.78, 5) is 17.4. The summed E-state index contributed by atoms with van der Waals surface area (Å²) in [5.74, 6) is -0.0462. The van der Waals surface area contributed by atoms with E-state index in [-0.39, 0.29) is 5.91 Å². The summed E-state index contributed by atoms with van der Waals surface area (Å²) in [6, 6.07) is 25.7. The molecule has 1 heterocycles. The van der Waals surface area contributed by atoms with Gasteiger partial charge in [0.25, 0.3) is 5.91 Å². The van der Waals surface area contributed by atoms with Crippen LogP contribution in [0.25, 0.3) is 6.08 Å². The Balaban J connectivity index is 1.57. The van der Waals surface area contributed by atoms with Crippen LogP contribution in [0.3, 0.4) is 0 Å². The van der Waals surface area contributed by atoms with Crippen molar-refractivity contribution in [2.45, 2.75) is 16.3 Å². The van der Waals surface area contributed by atoms with E-state index < -0.39 is 0 Å². The minimum absolute atomic E-state index is 0.0462. The molecule has 0 spiro atoms. The molecule has 0 aromatic heterocycles. The number of thioether (sulfide) groups is 1. The quantitative estimate of drug-likeness (QED) is 0.309. The van der Waals surface area contributed by atoms with Crippen molar-refractivity contribution >= 4 is 63.6 Å². The molecule has 1 aliphatic rings. The lowest BCUT2D eigenvalue weighted by Gasteiger charge is -2.14.